The highest BCUT2D eigenvalue weighted by atomic mass is 32.1. The van der Waals surface area contributed by atoms with Crippen molar-refractivity contribution in [2.24, 2.45) is 0 Å². The topological polar surface area (TPSA) is 46.9 Å². The second-order valence-corrected chi connectivity index (χ2v) is 8.29. The minimum Gasteiger partial charge on any atom is -0.353 e. The summed E-state index contributed by atoms with van der Waals surface area (Å²) in [6.45, 7) is 2.73. The molecule has 0 aromatic carbocycles. The van der Waals surface area contributed by atoms with Gasteiger partial charge in [0.2, 0.25) is 5.95 Å². The lowest BCUT2D eigenvalue weighted by molar-refractivity contribution is 0.601. The highest BCUT2D eigenvalue weighted by molar-refractivity contribution is 7.18. The smallest absolute Gasteiger partial charge is 0.263 e. The molecule has 5 heteroatoms. The van der Waals surface area contributed by atoms with E-state index in [1.807, 2.05) is 11.5 Å². The summed E-state index contributed by atoms with van der Waals surface area (Å²) in [5, 5.41) is 4.52. The Morgan fingerprint density at radius 3 is 2.62 bits per heavy atom. The molecule has 0 spiro atoms. The fraction of sp³-hybridized carbons (Fsp3) is 0.684. The molecule has 4 rings (SSSR count). The van der Waals surface area contributed by atoms with Gasteiger partial charge in [0.25, 0.3) is 5.56 Å². The Morgan fingerprint density at radius 2 is 1.88 bits per heavy atom. The first kappa shape index (κ1) is 16.1. The van der Waals surface area contributed by atoms with Crippen molar-refractivity contribution in [3.05, 3.63) is 20.8 Å². The molecule has 0 unspecified atom stereocenters. The molecule has 1 fully saturated rings. The standard InChI is InChI=1S/C19H27N3OS/c1-2-22-18(23)16-14-11-7-8-12-15(14)24-17(16)21-19(22)20-13-9-5-3-4-6-10-13/h13H,2-12H2,1H3,(H,20,21). The Balaban J connectivity index is 1.76. The summed E-state index contributed by atoms with van der Waals surface area (Å²) in [7, 11) is 0. The molecule has 130 valence electrons. The van der Waals surface area contributed by atoms with E-state index in [9.17, 15) is 4.79 Å². The van der Waals surface area contributed by atoms with Crippen LogP contribution in [0, 0.1) is 0 Å². The van der Waals surface area contributed by atoms with E-state index in [4.69, 9.17) is 4.98 Å². The Bertz CT molecular complexity index is 784. The quantitative estimate of drug-likeness (QED) is 0.834. The molecular weight excluding hydrogens is 318 g/mol. The van der Waals surface area contributed by atoms with Gasteiger partial charge in [-0.15, -0.1) is 11.3 Å². The van der Waals surface area contributed by atoms with Crippen LogP contribution in [0.3, 0.4) is 0 Å². The van der Waals surface area contributed by atoms with Gasteiger partial charge in [-0.1, -0.05) is 25.7 Å². The van der Waals surface area contributed by atoms with Crippen LogP contribution in [0.5, 0.6) is 0 Å². The fourth-order valence-corrected chi connectivity index (χ4v) is 5.50. The number of thiophene rings is 1. The highest BCUT2D eigenvalue weighted by Gasteiger charge is 2.22. The van der Waals surface area contributed by atoms with Gasteiger partial charge >= 0.3 is 0 Å². The molecule has 0 atom stereocenters. The molecule has 0 amide bonds. The SMILES string of the molecule is CCn1c(NC2CCCCCC2)nc2sc3c(c2c1=O)CCCC3. The number of nitrogens with one attached hydrogen (secondary N) is 1. The number of nitrogens with zero attached hydrogens (tertiary/aromatic N) is 2. The molecule has 4 nitrogen and oxygen atoms in total. The third kappa shape index (κ3) is 2.87. The lowest BCUT2D eigenvalue weighted by Crippen LogP contribution is -2.28. The summed E-state index contributed by atoms with van der Waals surface area (Å²) in [4.78, 5) is 20.4. The zero-order chi connectivity index (χ0) is 16.5. The number of anilines is 1. The molecule has 0 radical (unpaired) electrons. The summed E-state index contributed by atoms with van der Waals surface area (Å²) < 4.78 is 1.86. The van der Waals surface area contributed by atoms with Gasteiger partial charge in [0, 0.05) is 17.5 Å². The largest absolute Gasteiger partial charge is 0.353 e. The van der Waals surface area contributed by atoms with E-state index in [-0.39, 0.29) is 5.56 Å². The van der Waals surface area contributed by atoms with Crippen LogP contribution in [0.15, 0.2) is 4.79 Å². The first-order chi connectivity index (χ1) is 11.8. The molecule has 1 saturated carbocycles. The maximum atomic E-state index is 13.1. The minimum absolute atomic E-state index is 0.165. The predicted octanol–water partition coefficient (Wildman–Crippen LogP) is 4.49. The van der Waals surface area contributed by atoms with Crippen LogP contribution in [0.25, 0.3) is 10.2 Å². The second-order valence-electron chi connectivity index (χ2n) is 7.21. The zero-order valence-corrected chi connectivity index (χ0v) is 15.4. The summed E-state index contributed by atoms with van der Waals surface area (Å²) in [5.41, 5.74) is 1.46. The van der Waals surface area contributed by atoms with Crippen molar-refractivity contribution >= 4 is 27.5 Å². The van der Waals surface area contributed by atoms with Gasteiger partial charge in [0.15, 0.2) is 0 Å². The molecular formula is C19H27N3OS. The Morgan fingerprint density at radius 1 is 1.12 bits per heavy atom. The van der Waals surface area contributed by atoms with Crippen LogP contribution in [-0.2, 0) is 19.4 Å². The molecule has 2 aromatic heterocycles. The van der Waals surface area contributed by atoms with Gasteiger partial charge in [0.05, 0.1) is 5.39 Å². The summed E-state index contributed by atoms with van der Waals surface area (Å²) in [6.07, 6.45) is 12.2. The van der Waals surface area contributed by atoms with E-state index in [1.54, 1.807) is 11.3 Å². The summed E-state index contributed by atoms with van der Waals surface area (Å²) in [5.74, 6) is 0.792. The van der Waals surface area contributed by atoms with E-state index in [2.05, 4.69) is 5.32 Å². The van der Waals surface area contributed by atoms with Crippen LogP contribution in [0.2, 0.25) is 0 Å². The van der Waals surface area contributed by atoms with Crippen LogP contribution < -0.4 is 10.9 Å². The zero-order valence-electron chi connectivity index (χ0n) is 14.6. The molecule has 2 aromatic rings. The van der Waals surface area contributed by atoms with Crippen molar-refractivity contribution in [2.45, 2.75) is 83.7 Å². The van der Waals surface area contributed by atoms with Gasteiger partial charge in [-0.3, -0.25) is 9.36 Å². The fourth-order valence-electron chi connectivity index (χ4n) is 4.25. The van der Waals surface area contributed by atoms with E-state index in [0.29, 0.717) is 12.6 Å². The molecule has 0 bridgehead atoms. The molecule has 2 aliphatic rings. The average Bonchev–Trinajstić information content (AvgIpc) is 2.76. The van der Waals surface area contributed by atoms with E-state index in [0.717, 1.165) is 29.0 Å². The van der Waals surface area contributed by atoms with Crippen molar-refractivity contribution in [1.82, 2.24) is 9.55 Å². The van der Waals surface area contributed by atoms with E-state index >= 15 is 0 Å². The van der Waals surface area contributed by atoms with Crippen molar-refractivity contribution < 1.29 is 0 Å². The van der Waals surface area contributed by atoms with Crippen LogP contribution >= 0.6 is 11.3 Å². The summed E-state index contributed by atoms with van der Waals surface area (Å²) in [6, 6.07) is 0.462. The van der Waals surface area contributed by atoms with Crippen LogP contribution in [0.4, 0.5) is 5.95 Å². The highest BCUT2D eigenvalue weighted by Crippen LogP contribution is 2.34. The van der Waals surface area contributed by atoms with Crippen molar-refractivity contribution in [3.63, 3.8) is 0 Å². The third-order valence-corrected chi connectivity index (χ3v) is 6.77. The lowest BCUT2D eigenvalue weighted by Gasteiger charge is -2.19. The number of hydrogen-bond donors (Lipinski definition) is 1. The van der Waals surface area contributed by atoms with Crippen molar-refractivity contribution in [1.29, 1.82) is 0 Å². The number of hydrogen-bond acceptors (Lipinski definition) is 4. The van der Waals surface area contributed by atoms with Gasteiger partial charge in [-0.2, -0.15) is 0 Å². The van der Waals surface area contributed by atoms with Gasteiger partial charge in [-0.25, -0.2) is 4.98 Å². The third-order valence-electron chi connectivity index (χ3n) is 5.58. The Labute approximate surface area is 147 Å². The maximum Gasteiger partial charge on any atom is 0.263 e. The molecule has 2 aliphatic carbocycles. The predicted molar refractivity (Wildman–Crippen MR) is 101 cm³/mol. The van der Waals surface area contributed by atoms with Gasteiger partial charge in [0.1, 0.15) is 4.83 Å². The Kier molecular flexibility index (Phi) is 4.61. The first-order valence-electron chi connectivity index (χ1n) is 9.59. The number of aromatic nitrogens is 2. The number of rotatable bonds is 3. The molecule has 1 N–H and O–H groups in total. The molecule has 24 heavy (non-hydrogen) atoms. The van der Waals surface area contributed by atoms with Crippen molar-refractivity contribution in [3.8, 4) is 0 Å². The first-order valence-corrected chi connectivity index (χ1v) is 10.4. The molecule has 0 aliphatic heterocycles. The van der Waals surface area contributed by atoms with Crippen molar-refractivity contribution in [2.75, 3.05) is 5.32 Å². The van der Waals surface area contributed by atoms with Gasteiger partial charge in [-0.05, 0) is 51.0 Å². The molecule has 2 heterocycles. The van der Waals surface area contributed by atoms with E-state index < -0.39 is 0 Å². The monoisotopic (exact) mass is 345 g/mol. The number of aryl methyl sites for hydroxylation is 2. The van der Waals surface area contributed by atoms with Crippen LogP contribution in [-0.4, -0.2) is 15.6 Å². The lowest BCUT2D eigenvalue weighted by atomic mass is 9.97. The van der Waals surface area contributed by atoms with Crippen LogP contribution in [0.1, 0.15) is 68.7 Å². The maximum absolute atomic E-state index is 13.1. The number of fused-ring (bicyclic) bond motifs is 3. The molecule has 0 saturated heterocycles. The minimum atomic E-state index is 0.165. The normalized spacial score (nSPS) is 19.2. The second kappa shape index (κ2) is 6.87. The Hall–Kier alpha value is -1.36. The summed E-state index contributed by atoms with van der Waals surface area (Å²) >= 11 is 1.75. The van der Waals surface area contributed by atoms with E-state index in [1.165, 1.54) is 61.8 Å². The average molecular weight is 346 g/mol. The van der Waals surface area contributed by atoms with Gasteiger partial charge < -0.3 is 5.32 Å².